The third-order valence-electron chi connectivity index (χ3n) is 1.26. The maximum Gasteiger partial charge on any atom is 0.277 e. The van der Waals surface area contributed by atoms with Crippen molar-refractivity contribution in [3.8, 4) is 0 Å². The number of carbonyl (C=O) groups excluding carboxylic acids is 2. The van der Waals surface area contributed by atoms with Crippen molar-refractivity contribution in [1.29, 1.82) is 0 Å². The highest BCUT2D eigenvalue weighted by atomic mass is 32.1. The van der Waals surface area contributed by atoms with E-state index in [4.69, 9.17) is 11.5 Å². The highest BCUT2D eigenvalue weighted by Crippen LogP contribution is 2.00. The average molecular weight is 257 g/mol. The van der Waals surface area contributed by atoms with Crippen LogP contribution in [0.2, 0.25) is 0 Å². The maximum absolute atomic E-state index is 10.2. The third kappa shape index (κ3) is 3.71. The zero-order chi connectivity index (χ0) is 12.0. The molecule has 7 nitrogen and oxygen atoms in total. The van der Waals surface area contributed by atoms with Gasteiger partial charge in [-0.25, -0.2) is 4.98 Å². The molecule has 0 bridgehead atoms. The Bertz CT molecular complexity index is 409. The van der Waals surface area contributed by atoms with Crippen LogP contribution in [0.3, 0.4) is 0 Å². The first-order valence-electron chi connectivity index (χ1n) is 3.87. The van der Waals surface area contributed by atoms with E-state index in [1.54, 1.807) is 11.6 Å². The van der Waals surface area contributed by atoms with Gasteiger partial charge in [0.15, 0.2) is 10.7 Å². The number of amides is 2. The predicted molar refractivity (Wildman–Crippen MR) is 59.1 cm³/mol. The van der Waals surface area contributed by atoms with E-state index < -0.39 is 11.8 Å². The lowest BCUT2D eigenvalue weighted by Gasteiger charge is -1.78. The standard InChI is InChI=1S/C4H4N2OS.C3H3N3OS/c5-3(7)4-6-1-2-8-4;4-3(7)2-1-8-6-5-2/h1-2H,(H2,5,7);1H,(H2,4,7). The summed E-state index contributed by atoms with van der Waals surface area (Å²) in [6, 6.07) is 0. The second-order valence-electron chi connectivity index (χ2n) is 2.36. The minimum atomic E-state index is -0.529. The lowest BCUT2D eigenvalue weighted by molar-refractivity contribution is 0.0989. The summed E-state index contributed by atoms with van der Waals surface area (Å²) in [5.41, 5.74) is 9.92. The zero-order valence-electron chi connectivity index (χ0n) is 7.86. The molecule has 0 fully saturated rings. The number of thiazole rings is 1. The number of nitrogens with two attached hydrogens (primary N) is 2. The Balaban J connectivity index is 0.000000160. The molecule has 2 heterocycles. The van der Waals surface area contributed by atoms with Gasteiger partial charge < -0.3 is 11.5 Å². The van der Waals surface area contributed by atoms with Crippen LogP contribution < -0.4 is 11.5 Å². The van der Waals surface area contributed by atoms with Crippen molar-refractivity contribution < 1.29 is 9.59 Å². The fraction of sp³-hybridized carbons (Fsp3) is 0. The number of primary amides is 2. The van der Waals surface area contributed by atoms with Crippen LogP contribution >= 0.6 is 22.9 Å². The van der Waals surface area contributed by atoms with Gasteiger partial charge in [-0.05, 0) is 11.5 Å². The minimum Gasteiger partial charge on any atom is -0.364 e. The Morgan fingerprint density at radius 3 is 2.25 bits per heavy atom. The maximum atomic E-state index is 10.2. The SMILES string of the molecule is NC(=O)c1csnn1.NC(=O)c1nccs1. The highest BCUT2D eigenvalue weighted by molar-refractivity contribution is 7.11. The summed E-state index contributed by atoms with van der Waals surface area (Å²) in [7, 11) is 0. The topological polar surface area (TPSA) is 125 Å². The van der Waals surface area contributed by atoms with Crippen LogP contribution in [0, 0.1) is 0 Å². The molecule has 2 aromatic rings. The number of rotatable bonds is 2. The molecule has 0 aliphatic heterocycles. The molecule has 0 aromatic carbocycles. The molecule has 0 aliphatic carbocycles. The molecule has 0 unspecified atom stereocenters. The van der Waals surface area contributed by atoms with Crippen LogP contribution in [0.1, 0.15) is 20.3 Å². The Morgan fingerprint density at radius 2 is 2.00 bits per heavy atom. The van der Waals surface area contributed by atoms with Gasteiger partial charge in [0, 0.05) is 17.0 Å². The zero-order valence-corrected chi connectivity index (χ0v) is 9.49. The summed E-state index contributed by atoms with van der Waals surface area (Å²) in [6.45, 7) is 0. The third-order valence-corrected chi connectivity index (χ3v) is 2.55. The molecule has 84 valence electrons. The molecular weight excluding hydrogens is 250 g/mol. The second-order valence-corrected chi connectivity index (χ2v) is 3.86. The monoisotopic (exact) mass is 257 g/mol. The van der Waals surface area contributed by atoms with Gasteiger partial charge in [0.25, 0.3) is 11.8 Å². The molecule has 0 saturated carbocycles. The number of aromatic nitrogens is 3. The minimum absolute atomic E-state index is 0.231. The summed E-state index contributed by atoms with van der Waals surface area (Å²) in [5, 5.41) is 6.99. The normalized spacial score (nSPS) is 9.00. The van der Waals surface area contributed by atoms with Gasteiger partial charge >= 0.3 is 0 Å². The van der Waals surface area contributed by atoms with Gasteiger partial charge in [0.05, 0.1) is 0 Å². The van der Waals surface area contributed by atoms with E-state index in [9.17, 15) is 9.59 Å². The number of hydrogen-bond acceptors (Lipinski definition) is 7. The van der Waals surface area contributed by atoms with Gasteiger partial charge in [0.1, 0.15) is 0 Å². The number of hydrogen-bond donors (Lipinski definition) is 2. The largest absolute Gasteiger partial charge is 0.364 e. The first-order chi connectivity index (χ1) is 7.61. The fourth-order valence-corrected chi connectivity index (χ4v) is 1.55. The lowest BCUT2D eigenvalue weighted by atomic mass is 10.5. The molecule has 2 amide bonds. The van der Waals surface area contributed by atoms with E-state index in [1.807, 2.05) is 0 Å². The molecule has 0 saturated heterocycles. The van der Waals surface area contributed by atoms with E-state index in [2.05, 4.69) is 14.6 Å². The molecule has 2 aromatic heterocycles. The highest BCUT2D eigenvalue weighted by Gasteiger charge is 2.00. The van der Waals surface area contributed by atoms with E-state index in [-0.39, 0.29) is 5.69 Å². The Labute approximate surface area is 98.3 Å². The molecule has 9 heteroatoms. The van der Waals surface area contributed by atoms with Crippen LogP contribution in [0.5, 0.6) is 0 Å². The van der Waals surface area contributed by atoms with Crippen molar-refractivity contribution in [2.75, 3.05) is 0 Å². The van der Waals surface area contributed by atoms with Crippen molar-refractivity contribution in [2.45, 2.75) is 0 Å². The summed E-state index contributed by atoms with van der Waals surface area (Å²) >= 11 is 2.35. The molecule has 0 atom stereocenters. The second kappa shape index (κ2) is 5.88. The van der Waals surface area contributed by atoms with Gasteiger partial charge in [-0.3, -0.25) is 9.59 Å². The predicted octanol–water partition coefficient (Wildman–Crippen LogP) is -0.121. The van der Waals surface area contributed by atoms with Crippen molar-refractivity contribution in [1.82, 2.24) is 14.6 Å². The smallest absolute Gasteiger partial charge is 0.277 e. The van der Waals surface area contributed by atoms with Gasteiger partial charge in [-0.2, -0.15) is 0 Å². The quantitative estimate of drug-likeness (QED) is 0.775. The number of nitrogens with zero attached hydrogens (tertiary/aromatic N) is 3. The first-order valence-corrected chi connectivity index (χ1v) is 5.59. The van der Waals surface area contributed by atoms with Gasteiger partial charge in [-0.15, -0.1) is 16.4 Å². The Morgan fingerprint density at radius 1 is 1.25 bits per heavy atom. The van der Waals surface area contributed by atoms with Crippen LogP contribution in [0.4, 0.5) is 0 Å². The van der Waals surface area contributed by atoms with E-state index in [0.29, 0.717) is 5.01 Å². The first kappa shape index (κ1) is 12.2. The van der Waals surface area contributed by atoms with Crippen LogP contribution in [0.15, 0.2) is 17.0 Å². The van der Waals surface area contributed by atoms with Gasteiger partial charge in [0.2, 0.25) is 0 Å². The van der Waals surface area contributed by atoms with Crippen LogP contribution in [-0.2, 0) is 0 Å². The van der Waals surface area contributed by atoms with E-state index in [1.165, 1.54) is 16.7 Å². The lowest BCUT2D eigenvalue weighted by Crippen LogP contribution is -2.10. The molecular formula is C7H7N5O2S2. The average Bonchev–Trinajstić information content (AvgIpc) is 2.93. The van der Waals surface area contributed by atoms with E-state index in [0.717, 1.165) is 11.5 Å². The van der Waals surface area contributed by atoms with Crippen molar-refractivity contribution in [3.63, 3.8) is 0 Å². The molecule has 0 aliphatic rings. The fourth-order valence-electron chi connectivity index (χ4n) is 0.617. The van der Waals surface area contributed by atoms with Gasteiger partial charge in [-0.1, -0.05) is 4.49 Å². The summed E-state index contributed by atoms with van der Waals surface area (Å²) in [4.78, 5) is 24.1. The molecule has 0 radical (unpaired) electrons. The Kier molecular flexibility index (Phi) is 4.48. The molecule has 0 spiro atoms. The van der Waals surface area contributed by atoms with E-state index >= 15 is 0 Å². The van der Waals surface area contributed by atoms with Crippen molar-refractivity contribution >= 4 is 34.7 Å². The summed E-state index contributed by atoms with van der Waals surface area (Å²) in [5.74, 6) is -0.987. The summed E-state index contributed by atoms with van der Waals surface area (Å²) in [6.07, 6.45) is 1.55. The van der Waals surface area contributed by atoms with Crippen LogP contribution in [-0.4, -0.2) is 26.4 Å². The Hall–Kier alpha value is -1.87. The van der Waals surface area contributed by atoms with Crippen LogP contribution in [0.25, 0.3) is 0 Å². The summed E-state index contributed by atoms with van der Waals surface area (Å²) < 4.78 is 3.43. The molecule has 2 rings (SSSR count). The molecule has 16 heavy (non-hydrogen) atoms. The number of carbonyl (C=O) groups is 2. The van der Waals surface area contributed by atoms with Crippen molar-refractivity contribution in [2.24, 2.45) is 11.5 Å². The molecule has 4 N–H and O–H groups in total. The van der Waals surface area contributed by atoms with Crippen molar-refractivity contribution in [3.05, 3.63) is 27.7 Å².